The molecule has 7 heteroatoms. The highest BCUT2D eigenvalue weighted by Gasteiger charge is 2.58. The van der Waals surface area contributed by atoms with Crippen molar-refractivity contribution in [1.29, 1.82) is 0 Å². The minimum absolute atomic E-state index is 0.179. The Morgan fingerprint density at radius 2 is 1.74 bits per heavy atom. The molecule has 0 N–H and O–H groups in total. The van der Waals surface area contributed by atoms with Gasteiger partial charge in [0.1, 0.15) is 24.4 Å². The van der Waals surface area contributed by atoms with E-state index < -0.39 is 17.9 Å². The lowest BCUT2D eigenvalue weighted by atomic mass is 10.1. The summed E-state index contributed by atoms with van der Waals surface area (Å²) in [4.78, 5) is 0. The topological polar surface area (TPSA) is 55.4 Å². The van der Waals surface area contributed by atoms with Gasteiger partial charge in [-0.05, 0) is 27.7 Å². The smallest absolute Gasteiger partial charge is 0.190 e. The summed E-state index contributed by atoms with van der Waals surface area (Å²) >= 11 is 0. The van der Waals surface area contributed by atoms with Crippen molar-refractivity contribution in [2.75, 3.05) is 6.61 Å². The van der Waals surface area contributed by atoms with E-state index in [1.54, 1.807) is 0 Å². The van der Waals surface area contributed by atoms with Crippen LogP contribution in [0.3, 0.4) is 0 Å². The molecule has 0 spiro atoms. The van der Waals surface area contributed by atoms with Gasteiger partial charge < -0.3 is 28.2 Å². The van der Waals surface area contributed by atoms with Crippen molar-refractivity contribution in [3.63, 3.8) is 0 Å². The molecule has 19 heavy (non-hydrogen) atoms. The minimum Gasteiger partial charge on any atom is -0.357 e. The molecule has 2 unspecified atom stereocenters. The highest BCUT2D eigenvalue weighted by Crippen LogP contribution is 2.42. The second-order valence-electron chi connectivity index (χ2n) is 6.04. The summed E-state index contributed by atoms with van der Waals surface area (Å²) in [6.07, 6.45) is -1.35. The average Bonchev–Trinajstić information content (AvgIpc) is 2.87. The molecule has 3 saturated heterocycles. The number of ether oxygens (including phenoxy) is 5. The van der Waals surface area contributed by atoms with Crippen LogP contribution in [0.2, 0.25) is 0 Å². The molecule has 3 heterocycles. The van der Waals surface area contributed by atoms with E-state index in [0.717, 1.165) is 0 Å². The van der Waals surface area contributed by atoms with Crippen molar-refractivity contribution in [3.05, 3.63) is 0 Å². The summed E-state index contributed by atoms with van der Waals surface area (Å²) in [6, 6.07) is 0. The lowest BCUT2D eigenvalue weighted by molar-refractivity contribution is -0.229. The molecule has 3 rings (SSSR count). The number of rotatable bonds is 2. The Morgan fingerprint density at radius 3 is 2.32 bits per heavy atom. The van der Waals surface area contributed by atoms with E-state index in [0.29, 0.717) is 6.61 Å². The first-order valence-electron chi connectivity index (χ1n) is 6.50. The van der Waals surface area contributed by atoms with Crippen LogP contribution >= 0.6 is 9.47 Å². The number of hydrogen-bond acceptors (Lipinski definition) is 6. The molecular weight excluding hydrogens is 271 g/mol. The maximum atomic E-state index is 5.91. The standard InChI is InChI=1S/C12H21O6P/c1-11(2)13-5-6(15-11)7-8(18-19)9-10(14-7)17-12(3,4)16-9/h6-10H,5,19H2,1-4H3/t6-,7+,8?,9+,10+/m0/s1. The van der Waals surface area contributed by atoms with Gasteiger partial charge in [-0.1, -0.05) is 0 Å². The highest BCUT2D eigenvalue weighted by molar-refractivity contribution is 7.09. The first-order valence-corrected chi connectivity index (χ1v) is 6.97. The van der Waals surface area contributed by atoms with Crippen molar-refractivity contribution in [2.45, 2.75) is 70.0 Å². The summed E-state index contributed by atoms with van der Waals surface area (Å²) in [5.41, 5.74) is 0. The summed E-state index contributed by atoms with van der Waals surface area (Å²) in [5.74, 6) is -1.23. The molecule has 3 aliphatic heterocycles. The van der Waals surface area contributed by atoms with Crippen LogP contribution in [0, 0.1) is 0 Å². The summed E-state index contributed by atoms with van der Waals surface area (Å²) in [5, 5.41) is 0. The molecule has 0 saturated carbocycles. The predicted molar refractivity (Wildman–Crippen MR) is 68.2 cm³/mol. The van der Waals surface area contributed by atoms with Crippen molar-refractivity contribution < 1.29 is 28.2 Å². The maximum Gasteiger partial charge on any atom is 0.190 e. The molecule has 6 atom stereocenters. The van der Waals surface area contributed by atoms with Gasteiger partial charge in [0.05, 0.1) is 6.61 Å². The molecule has 0 aliphatic carbocycles. The van der Waals surface area contributed by atoms with Gasteiger partial charge in [0.2, 0.25) is 0 Å². The van der Waals surface area contributed by atoms with E-state index in [2.05, 4.69) is 9.47 Å². The van der Waals surface area contributed by atoms with Gasteiger partial charge in [-0.25, -0.2) is 0 Å². The zero-order chi connectivity index (χ0) is 13.8. The van der Waals surface area contributed by atoms with Gasteiger partial charge in [-0.2, -0.15) is 0 Å². The molecule has 3 fully saturated rings. The van der Waals surface area contributed by atoms with Crippen molar-refractivity contribution >= 4 is 9.47 Å². The zero-order valence-electron chi connectivity index (χ0n) is 11.6. The van der Waals surface area contributed by atoms with E-state index in [-0.39, 0.29) is 24.4 Å². The molecule has 0 amide bonds. The molecule has 0 aromatic rings. The first kappa shape index (κ1) is 14.1. The third-order valence-electron chi connectivity index (χ3n) is 3.58. The molecule has 3 aliphatic rings. The molecular formula is C12H21O6P. The maximum absolute atomic E-state index is 5.91. The van der Waals surface area contributed by atoms with E-state index in [9.17, 15) is 0 Å². The third kappa shape index (κ3) is 2.56. The van der Waals surface area contributed by atoms with Crippen LogP contribution in [0.25, 0.3) is 0 Å². The molecule has 0 aromatic carbocycles. The number of hydrogen-bond donors (Lipinski definition) is 0. The Labute approximate surface area is 115 Å². The lowest BCUT2D eigenvalue weighted by Crippen LogP contribution is -2.42. The molecule has 0 radical (unpaired) electrons. The predicted octanol–water partition coefficient (Wildman–Crippen LogP) is 1.19. The van der Waals surface area contributed by atoms with Crippen LogP contribution in [-0.4, -0.2) is 48.9 Å². The fraction of sp³-hybridized carbons (Fsp3) is 1.00. The summed E-state index contributed by atoms with van der Waals surface area (Å²) < 4.78 is 34.3. The Morgan fingerprint density at radius 1 is 1.00 bits per heavy atom. The number of fused-ring (bicyclic) bond motifs is 1. The van der Waals surface area contributed by atoms with E-state index >= 15 is 0 Å². The van der Waals surface area contributed by atoms with Crippen LogP contribution in [0.15, 0.2) is 0 Å². The van der Waals surface area contributed by atoms with Crippen LogP contribution in [0.5, 0.6) is 0 Å². The molecule has 110 valence electrons. The minimum atomic E-state index is -0.645. The van der Waals surface area contributed by atoms with Crippen LogP contribution in [0.1, 0.15) is 27.7 Å². The quantitative estimate of drug-likeness (QED) is 0.713. The summed E-state index contributed by atoms with van der Waals surface area (Å²) in [6.45, 7) is 7.97. The van der Waals surface area contributed by atoms with Crippen LogP contribution in [-0.2, 0) is 28.2 Å². The van der Waals surface area contributed by atoms with Crippen LogP contribution in [0.4, 0.5) is 0 Å². The Hall–Kier alpha value is 0.190. The van der Waals surface area contributed by atoms with Gasteiger partial charge >= 0.3 is 0 Å². The second kappa shape index (κ2) is 4.60. The molecule has 0 aromatic heterocycles. The van der Waals surface area contributed by atoms with Crippen molar-refractivity contribution in [1.82, 2.24) is 0 Å². The SMILES string of the molecule is CC1(C)OC[C@@H]([C@H]2O[C@@H]3OC(C)(C)O[C@@H]3C2OP)O1. The lowest BCUT2D eigenvalue weighted by Gasteiger charge is -2.28. The summed E-state index contributed by atoms with van der Waals surface area (Å²) in [7, 11) is 2.28. The van der Waals surface area contributed by atoms with Gasteiger partial charge in [0.15, 0.2) is 17.9 Å². The van der Waals surface area contributed by atoms with Crippen LogP contribution < -0.4 is 0 Å². The van der Waals surface area contributed by atoms with Gasteiger partial charge in [0, 0.05) is 9.47 Å². The first-order chi connectivity index (χ1) is 8.81. The Balaban J connectivity index is 1.72. The average molecular weight is 292 g/mol. The Bertz CT molecular complexity index is 360. The molecule has 0 bridgehead atoms. The fourth-order valence-corrected chi connectivity index (χ4v) is 3.15. The van der Waals surface area contributed by atoms with Gasteiger partial charge in [0.25, 0.3) is 0 Å². The van der Waals surface area contributed by atoms with E-state index in [4.69, 9.17) is 28.2 Å². The third-order valence-corrected chi connectivity index (χ3v) is 3.90. The van der Waals surface area contributed by atoms with E-state index in [1.165, 1.54) is 0 Å². The van der Waals surface area contributed by atoms with E-state index in [1.807, 2.05) is 27.7 Å². The largest absolute Gasteiger partial charge is 0.357 e. The second-order valence-corrected chi connectivity index (χ2v) is 6.31. The van der Waals surface area contributed by atoms with Gasteiger partial charge in [-0.3, -0.25) is 0 Å². The van der Waals surface area contributed by atoms with Gasteiger partial charge in [-0.15, -0.1) is 0 Å². The Kier molecular flexibility index (Phi) is 3.42. The molecule has 6 nitrogen and oxygen atoms in total. The monoisotopic (exact) mass is 292 g/mol. The fourth-order valence-electron chi connectivity index (χ4n) is 2.84. The van der Waals surface area contributed by atoms with Crippen molar-refractivity contribution in [2.24, 2.45) is 0 Å². The highest BCUT2D eigenvalue weighted by atomic mass is 31.0. The van der Waals surface area contributed by atoms with Crippen molar-refractivity contribution in [3.8, 4) is 0 Å². The normalized spacial score (nSPS) is 47.5. The zero-order valence-corrected chi connectivity index (χ0v) is 12.8.